The van der Waals surface area contributed by atoms with Crippen LogP contribution in [0.5, 0.6) is 5.75 Å². The Hall–Kier alpha value is -2.16. The van der Waals surface area contributed by atoms with E-state index in [-0.39, 0.29) is 12.4 Å². The summed E-state index contributed by atoms with van der Waals surface area (Å²) in [4.78, 5) is 12.9. The number of rotatable bonds is 5. The van der Waals surface area contributed by atoms with Crippen LogP contribution in [0, 0.1) is 3.57 Å². The van der Waals surface area contributed by atoms with Gasteiger partial charge in [-0.1, -0.05) is 17.7 Å². The van der Waals surface area contributed by atoms with Gasteiger partial charge < -0.3 is 10.1 Å². The van der Waals surface area contributed by atoms with E-state index in [4.69, 9.17) is 16.3 Å². The van der Waals surface area contributed by atoms with Gasteiger partial charge in [0.25, 0.3) is 0 Å². The van der Waals surface area contributed by atoms with Crippen LogP contribution in [-0.2, 0) is 6.61 Å². The fourth-order valence-electron chi connectivity index (χ4n) is 2.60. The Balaban J connectivity index is 0.00000225. The van der Waals surface area contributed by atoms with Crippen LogP contribution in [0.2, 0.25) is 5.02 Å². The highest BCUT2D eigenvalue weighted by molar-refractivity contribution is 14.1. The van der Waals surface area contributed by atoms with Gasteiger partial charge in [-0.3, -0.25) is 4.98 Å². The van der Waals surface area contributed by atoms with Crippen molar-refractivity contribution in [3.05, 3.63) is 81.4 Å². The Morgan fingerprint density at radius 3 is 2.68 bits per heavy atom. The van der Waals surface area contributed by atoms with Gasteiger partial charge in [-0.15, -0.1) is 12.4 Å². The molecular formula is C20H15Cl2IN4O. The molecule has 0 aliphatic carbocycles. The van der Waals surface area contributed by atoms with E-state index in [9.17, 15) is 0 Å². The molecule has 0 saturated carbocycles. The lowest BCUT2D eigenvalue weighted by molar-refractivity contribution is 0.301. The Bertz CT molecular complexity index is 1100. The van der Waals surface area contributed by atoms with Crippen LogP contribution in [-0.4, -0.2) is 15.0 Å². The first kappa shape index (κ1) is 20.6. The molecule has 0 atom stereocenters. The van der Waals surface area contributed by atoms with Crippen molar-refractivity contribution in [2.75, 3.05) is 5.32 Å². The number of anilines is 2. The first-order chi connectivity index (χ1) is 13.2. The third kappa shape index (κ3) is 4.81. The molecule has 0 amide bonds. The first-order valence-electron chi connectivity index (χ1n) is 8.18. The van der Waals surface area contributed by atoms with Gasteiger partial charge in [0, 0.05) is 20.8 Å². The molecule has 2 aromatic carbocycles. The number of benzene rings is 2. The second kappa shape index (κ2) is 9.36. The Labute approximate surface area is 187 Å². The van der Waals surface area contributed by atoms with E-state index in [2.05, 4.69) is 42.9 Å². The molecule has 2 heterocycles. The Kier molecular flexibility index (Phi) is 6.88. The third-order valence-corrected chi connectivity index (χ3v) is 4.86. The monoisotopic (exact) mass is 524 g/mol. The molecule has 0 fully saturated rings. The van der Waals surface area contributed by atoms with Gasteiger partial charge in [0.1, 0.15) is 24.5 Å². The molecule has 2 aromatic heterocycles. The minimum absolute atomic E-state index is 0. The normalized spacial score (nSPS) is 10.4. The highest BCUT2D eigenvalue weighted by atomic mass is 127. The minimum atomic E-state index is 0. The van der Waals surface area contributed by atoms with Crippen LogP contribution >= 0.6 is 46.6 Å². The number of fused-ring (bicyclic) bond motifs is 1. The summed E-state index contributed by atoms with van der Waals surface area (Å²) in [5, 5.41) is 4.78. The lowest BCUT2D eigenvalue weighted by Gasteiger charge is -2.11. The van der Waals surface area contributed by atoms with Crippen LogP contribution in [0.15, 0.2) is 67.1 Å². The summed E-state index contributed by atoms with van der Waals surface area (Å²) < 4.78 is 6.88. The van der Waals surface area contributed by atoms with Crippen molar-refractivity contribution in [3.63, 3.8) is 0 Å². The number of aromatic nitrogens is 3. The van der Waals surface area contributed by atoms with E-state index >= 15 is 0 Å². The molecule has 5 nitrogen and oxygen atoms in total. The molecule has 0 aliphatic rings. The van der Waals surface area contributed by atoms with Crippen molar-refractivity contribution >= 4 is 69.0 Å². The van der Waals surface area contributed by atoms with Gasteiger partial charge in [-0.2, -0.15) is 0 Å². The van der Waals surface area contributed by atoms with Crippen LogP contribution < -0.4 is 10.1 Å². The average Bonchev–Trinajstić information content (AvgIpc) is 2.69. The van der Waals surface area contributed by atoms with Crippen molar-refractivity contribution in [2.24, 2.45) is 0 Å². The van der Waals surface area contributed by atoms with Gasteiger partial charge in [-0.25, -0.2) is 9.97 Å². The molecule has 0 bridgehead atoms. The Morgan fingerprint density at radius 2 is 1.89 bits per heavy atom. The van der Waals surface area contributed by atoms with E-state index in [0.717, 1.165) is 31.7 Å². The third-order valence-electron chi connectivity index (χ3n) is 3.89. The van der Waals surface area contributed by atoms with E-state index in [1.165, 1.54) is 0 Å². The van der Waals surface area contributed by atoms with Crippen LogP contribution in [0.25, 0.3) is 10.9 Å². The molecule has 1 N–H and O–H groups in total. The van der Waals surface area contributed by atoms with Crippen molar-refractivity contribution < 1.29 is 4.74 Å². The molecular weight excluding hydrogens is 510 g/mol. The summed E-state index contributed by atoms with van der Waals surface area (Å²) in [6.07, 6.45) is 3.28. The largest absolute Gasteiger partial charge is 0.486 e. The smallest absolute Gasteiger partial charge is 0.141 e. The van der Waals surface area contributed by atoms with E-state index in [1.807, 2.05) is 54.6 Å². The summed E-state index contributed by atoms with van der Waals surface area (Å²) in [5.41, 5.74) is 2.55. The first-order valence-corrected chi connectivity index (χ1v) is 9.64. The van der Waals surface area contributed by atoms with Crippen molar-refractivity contribution in [1.29, 1.82) is 0 Å². The molecule has 4 rings (SSSR count). The number of ether oxygens (including phenoxy) is 1. The number of hydrogen-bond acceptors (Lipinski definition) is 5. The number of hydrogen-bond donors (Lipinski definition) is 1. The van der Waals surface area contributed by atoms with Crippen molar-refractivity contribution in [1.82, 2.24) is 15.0 Å². The van der Waals surface area contributed by atoms with Crippen LogP contribution in [0.4, 0.5) is 11.5 Å². The zero-order valence-electron chi connectivity index (χ0n) is 14.5. The number of pyridine rings is 1. The van der Waals surface area contributed by atoms with Crippen LogP contribution in [0.1, 0.15) is 5.69 Å². The fourth-order valence-corrected chi connectivity index (χ4v) is 3.32. The molecule has 4 aromatic rings. The second-order valence-electron chi connectivity index (χ2n) is 5.76. The molecule has 8 heteroatoms. The van der Waals surface area contributed by atoms with Gasteiger partial charge in [0.15, 0.2) is 0 Å². The van der Waals surface area contributed by atoms with Gasteiger partial charge in [0.05, 0.1) is 16.2 Å². The SMILES string of the molecule is Cl.Clc1cc(Nc2ncnc3ccc(I)cc23)ccc1OCc1ccccn1. The van der Waals surface area contributed by atoms with E-state index in [1.54, 1.807) is 12.5 Å². The average molecular weight is 525 g/mol. The Morgan fingerprint density at radius 1 is 1.00 bits per heavy atom. The maximum Gasteiger partial charge on any atom is 0.141 e. The predicted molar refractivity (Wildman–Crippen MR) is 123 cm³/mol. The molecule has 0 spiro atoms. The summed E-state index contributed by atoms with van der Waals surface area (Å²) in [5.74, 6) is 1.34. The summed E-state index contributed by atoms with van der Waals surface area (Å²) in [6, 6.07) is 17.3. The molecule has 28 heavy (non-hydrogen) atoms. The summed E-state index contributed by atoms with van der Waals surface area (Å²) >= 11 is 8.66. The quantitative estimate of drug-likeness (QED) is 0.323. The summed E-state index contributed by atoms with van der Waals surface area (Å²) in [6.45, 7) is 0.363. The van der Waals surface area contributed by atoms with E-state index < -0.39 is 0 Å². The van der Waals surface area contributed by atoms with Crippen LogP contribution in [0.3, 0.4) is 0 Å². The molecule has 0 unspecified atom stereocenters. The maximum absolute atomic E-state index is 6.39. The summed E-state index contributed by atoms with van der Waals surface area (Å²) in [7, 11) is 0. The zero-order chi connectivity index (χ0) is 18.6. The molecule has 0 radical (unpaired) electrons. The highest BCUT2D eigenvalue weighted by Crippen LogP contribution is 2.31. The second-order valence-corrected chi connectivity index (χ2v) is 7.42. The topological polar surface area (TPSA) is 59.9 Å². The standard InChI is InChI=1S/C20H14ClIN4O.ClH/c21-17-10-14(5-7-19(17)27-11-15-3-1-2-8-23-15)26-20-16-9-13(22)4-6-18(16)24-12-25-20;/h1-10,12H,11H2,(H,24,25,26);1H. The highest BCUT2D eigenvalue weighted by Gasteiger charge is 2.08. The van der Waals surface area contributed by atoms with E-state index in [0.29, 0.717) is 17.4 Å². The number of nitrogens with zero attached hydrogens (tertiary/aromatic N) is 3. The zero-order valence-corrected chi connectivity index (χ0v) is 18.2. The fraction of sp³-hybridized carbons (Fsp3) is 0.0500. The van der Waals surface area contributed by atoms with Crippen molar-refractivity contribution in [3.8, 4) is 5.75 Å². The molecule has 0 aliphatic heterocycles. The lowest BCUT2D eigenvalue weighted by Crippen LogP contribution is -1.99. The maximum atomic E-state index is 6.39. The van der Waals surface area contributed by atoms with Crippen molar-refractivity contribution in [2.45, 2.75) is 6.61 Å². The van der Waals surface area contributed by atoms with Gasteiger partial charge in [-0.05, 0) is 71.1 Å². The van der Waals surface area contributed by atoms with Gasteiger partial charge >= 0.3 is 0 Å². The predicted octanol–water partition coefficient (Wildman–Crippen LogP) is 6.03. The number of nitrogens with one attached hydrogen (secondary N) is 1. The minimum Gasteiger partial charge on any atom is -0.486 e. The van der Waals surface area contributed by atoms with Gasteiger partial charge in [0.2, 0.25) is 0 Å². The number of halogens is 3. The lowest BCUT2D eigenvalue weighted by atomic mass is 10.2. The molecule has 0 saturated heterocycles. The molecule has 142 valence electrons.